The highest BCUT2D eigenvalue weighted by molar-refractivity contribution is 7.10. The third-order valence-corrected chi connectivity index (χ3v) is 5.40. The van der Waals surface area contributed by atoms with Crippen LogP contribution in [-0.2, 0) is 6.54 Å². The molecule has 124 valence electrons. The summed E-state index contributed by atoms with van der Waals surface area (Å²) < 4.78 is 2.02. The van der Waals surface area contributed by atoms with E-state index in [0.717, 1.165) is 13.0 Å². The van der Waals surface area contributed by atoms with Gasteiger partial charge in [0.05, 0.1) is 12.4 Å². The first-order chi connectivity index (χ1) is 11.3. The van der Waals surface area contributed by atoms with E-state index in [1.54, 1.807) is 23.9 Å². The van der Waals surface area contributed by atoms with E-state index in [9.17, 15) is 4.79 Å². The second kappa shape index (κ2) is 8.15. The number of carbonyl (C=O) groups is 1. The molecule has 0 aromatic carbocycles. The molecule has 0 bridgehead atoms. The Morgan fingerprint density at radius 3 is 3.00 bits per heavy atom. The molecule has 3 rings (SSSR count). The van der Waals surface area contributed by atoms with Crippen molar-refractivity contribution in [3.63, 3.8) is 0 Å². The van der Waals surface area contributed by atoms with Gasteiger partial charge in [-0.3, -0.25) is 0 Å². The average molecular weight is 332 g/mol. The molecule has 0 aliphatic heterocycles. The third-order valence-electron chi connectivity index (χ3n) is 4.45. The summed E-state index contributed by atoms with van der Waals surface area (Å²) in [4.78, 5) is 17.5. The molecule has 0 radical (unpaired) electrons. The van der Waals surface area contributed by atoms with Crippen molar-refractivity contribution in [3.8, 4) is 0 Å². The fraction of sp³-hybridized carbons (Fsp3) is 0.529. The van der Waals surface area contributed by atoms with Gasteiger partial charge >= 0.3 is 6.03 Å². The fourth-order valence-electron chi connectivity index (χ4n) is 3.26. The summed E-state index contributed by atoms with van der Waals surface area (Å²) in [6.45, 7) is 1.54. The molecule has 23 heavy (non-hydrogen) atoms. The van der Waals surface area contributed by atoms with Crippen LogP contribution in [0.4, 0.5) is 4.79 Å². The second-order valence-corrected chi connectivity index (χ2v) is 7.07. The van der Waals surface area contributed by atoms with E-state index in [1.165, 1.54) is 30.6 Å². The lowest BCUT2D eigenvalue weighted by atomic mass is 9.97. The molecule has 1 saturated carbocycles. The topological polar surface area (TPSA) is 59.0 Å². The van der Waals surface area contributed by atoms with Crippen LogP contribution in [0.15, 0.2) is 36.2 Å². The number of carbonyl (C=O) groups excluding carboxylic acids is 1. The van der Waals surface area contributed by atoms with E-state index < -0.39 is 0 Å². The SMILES string of the molecule is O=C(NCCCn1ccnc1)N[C@@H](c1cccs1)C1CCCC1. The van der Waals surface area contributed by atoms with E-state index in [4.69, 9.17) is 0 Å². The Morgan fingerprint density at radius 2 is 2.30 bits per heavy atom. The molecule has 1 fully saturated rings. The number of hydrogen-bond acceptors (Lipinski definition) is 3. The molecule has 0 spiro atoms. The summed E-state index contributed by atoms with van der Waals surface area (Å²) in [6, 6.07) is 4.30. The van der Waals surface area contributed by atoms with Crippen molar-refractivity contribution < 1.29 is 4.79 Å². The molecule has 2 aromatic rings. The molecule has 2 heterocycles. The van der Waals surface area contributed by atoms with Gasteiger partial charge in [0.25, 0.3) is 0 Å². The van der Waals surface area contributed by atoms with Crippen LogP contribution in [0.1, 0.15) is 43.0 Å². The summed E-state index contributed by atoms with van der Waals surface area (Å²) in [5.74, 6) is 0.574. The predicted octanol–water partition coefficient (Wildman–Crippen LogP) is 3.57. The molecule has 1 aliphatic rings. The van der Waals surface area contributed by atoms with E-state index in [-0.39, 0.29) is 12.1 Å². The summed E-state index contributed by atoms with van der Waals surface area (Å²) in [7, 11) is 0. The Kier molecular flexibility index (Phi) is 5.69. The standard InChI is InChI=1S/C17H24N4OS/c22-17(19-8-4-10-21-11-9-18-13-21)20-16(14-5-1-2-6-14)15-7-3-12-23-15/h3,7,9,11-14,16H,1-2,4-6,8,10H2,(H2,19,20,22)/t16-/m1/s1. The molecular weight excluding hydrogens is 308 g/mol. The number of aryl methyl sites for hydroxylation is 1. The first-order valence-corrected chi connectivity index (χ1v) is 9.24. The first-order valence-electron chi connectivity index (χ1n) is 8.36. The fourth-order valence-corrected chi connectivity index (χ4v) is 4.12. The molecule has 2 N–H and O–H groups in total. The van der Waals surface area contributed by atoms with E-state index in [1.807, 2.05) is 10.8 Å². The molecule has 0 unspecified atom stereocenters. The summed E-state index contributed by atoms with van der Waals surface area (Å²) >= 11 is 1.73. The van der Waals surface area contributed by atoms with E-state index >= 15 is 0 Å². The summed E-state index contributed by atoms with van der Waals surface area (Å²) in [5, 5.41) is 8.26. The van der Waals surface area contributed by atoms with Crippen LogP contribution in [0.25, 0.3) is 0 Å². The van der Waals surface area contributed by atoms with Crippen LogP contribution in [0, 0.1) is 5.92 Å². The third kappa shape index (κ3) is 4.58. The minimum absolute atomic E-state index is 0.0547. The van der Waals surface area contributed by atoms with Crippen molar-refractivity contribution >= 4 is 17.4 Å². The van der Waals surface area contributed by atoms with Crippen LogP contribution in [0.3, 0.4) is 0 Å². The number of urea groups is 1. The Balaban J connectivity index is 1.46. The summed E-state index contributed by atoms with van der Waals surface area (Å²) in [6.07, 6.45) is 11.4. The zero-order valence-corrected chi connectivity index (χ0v) is 14.1. The number of thiophene rings is 1. The van der Waals surface area contributed by atoms with Gasteiger partial charge in [-0.05, 0) is 36.6 Å². The molecule has 5 nitrogen and oxygen atoms in total. The van der Waals surface area contributed by atoms with E-state index in [2.05, 4.69) is 33.1 Å². The van der Waals surface area contributed by atoms with Crippen molar-refractivity contribution in [2.45, 2.75) is 44.7 Å². The van der Waals surface area contributed by atoms with Crippen LogP contribution < -0.4 is 10.6 Å². The zero-order chi connectivity index (χ0) is 15.9. The zero-order valence-electron chi connectivity index (χ0n) is 13.3. The Bertz CT molecular complexity index is 576. The smallest absolute Gasteiger partial charge is 0.315 e. The molecule has 1 atom stereocenters. The van der Waals surface area contributed by atoms with Crippen LogP contribution in [0.2, 0.25) is 0 Å². The Hall–Kier alpha value is -1.82. The van der Waals surface area contributed by atoms with Gasteiger partial charge in [0.1, 0.15) is 0 Å². The molecule has 0 saturated heterocycles. The van der Waals surface area contributed by atoms with Gasteiger partial charge in [-0.2, -0.15) is 0 Å². The van der Waals surface area contributed by atoms with Crippen LogP contribution in [0.5, 0.6) is 0 Å². The monoisotopic (exact) mass is 332 g/mol. The van der Waals surface area contributed by atoms with Gasteiger partial charge in [-0.15, -0.1) is 11.3 Å². The van der Waals surface area contributed by atoms with Gasteiger partial charge in [-0.1, -0.05) is 18.9 Å². The maximum atomic E-state index is 12.2. The van der Waals surface area contributed by atoms with Crippen molar-refractivity contribution in [2.24, 2.45) is 5.92 Å². The minimum Gasteiger partial charge on any atom is -0.338 e. The molecule has 2 amide bonds. The maximum Gasteiger partial charge on any atom is 0.315 e. The van der Waals surface area contributed by atoms with Crippen molar-refractivity contribution in [1.82, 2.24) is 20.2 Å². The summed E-state index contributed by atoms with van der Waals surface area (Å²) in [5.41, 5.74) is 0. The van der Waals surface area contributed by atoms with Crippen LogP contribution >= 0.6 is 11.3 Å². The van der Waals surface area contributed by atoms with Gasteiger partial charge in [-0.25, -0.2) is 9.78 Å². The van der Waals surface area contributed by atoms with Crippen LogP contribution in [-0.4, -0.2) is 22.1 Å². The number of aromatic nitrogens is 2. The lowest BCUT2D eigenvalue weighted by Gasteiger charge is -2.24. The van der Waals surface area contributed by atoms with Gasteiger partial charge in [0, 0.05) is 30.4 Å². The highest BCUT2D eigenvalue weighted by Gasteiger charge is 2.28. The molecular formula is C17H24N4OS. The number of nitrogens with zero attached hydrogens (tertiary/aromatic N) is 2. The number of imidazole rings is 1. The van der Waals surface area contributed by atoms with E-state index in [0.29, 0.717) is 12.5 Å². The van der Waals surface area contributed by atoms with Crippen molar-refractivity contribution in [3.05, 3.63) is 41.1 Å². The Morgan fingerprint density at radius 1 is 1.43 bits per heavy atom. The largest absolute Gasteiger partial charge is 0.338 e. The second-order valence-electron chi connectivity index (χ2n) is 6.09. The maximum absolute atomic E-state index is 12.2. The number of nitrogens with one attached hydrogen (secondary N) is 2. The highest BCUT2D eigenvalue weighted by atomic mass is 32.1. The quantitative estimate of drug-likeness (QED) is 0.762. The first kappa shape index (κ1) is 16.1. The normalized spacial score (nSPS) is 16.3. The molecule has 1 aliphatic carbocycles. The van der Waals surface area contributed by atoms with Gasteiger partial charge < -0.3 is 15.2 Å². The van der Waals surface area contributed by atoms with Crippen molar-refractivity contribution in [1.29, 1.82) is 0 Å². The average Bonchev–Trinajstić information content (AvgIpc) is 3.33. The lowest BCUT2D eigenvalue weighted by molar-refractivity contribution is 0.231. The Labute approximate surface area is 141 Å². The van der Waals surface area contributed by atoms with Crippen molar-refractivity contribution in [2.75, 3.05) is 6.54 Å². The highest BCUT2D eigenvalue weighted by Crippen LogP contribution is 2.37. The number of hydrogen-bond donors (Lipinski definition) is 2. The number of rotatable bonds is 7. The molecule has 6 heteroatoms. The number of amides is 2. The lowest BCUT2D eigenvalue weighted by Crippen LogP contribution is -2.40. The van der Waals surface area contributed by atoms with Gasteiger partial charge in [0.2, 0.25) is 0 Å². The molecule has 2 aromatic heterocycles. The van der Waals surface area contributed by atoms with Gasteiger partial charge in [0.15, 0.2) is 0 Å². The predicted molar refractivity (Wildman–Crippen MR) is 92.4 cm³/mol. The minimum atomic E-state index is -0.0547.